The number of halogens is 1. The third-order valence-corrected chi connectivity index (χ3v) is 6.87. The number of anilines is 1. The molecule has 16 heteroatoms. The molecule has 1 N–H and O–H groups in total. The van der Waals surface area contributed by atoms with E-state index in [1.165, 1.54) is 10.9 Å². The molecule has 1 saturated heterocycles. The number of nitrogens with one attached hydrogen (secondary N) is 1. The smallest absolute Gasteiger partial charge is 0.356 e. The van der Waals surface area contributed by atoms with Crippen molar-refractivity contribution in [2.75, 3.05) is 24.9 Å². The number of rotatable bonds is 10. The maximum absolute atomic E-state index is 13.2. The molecule has 3 heterocycles. The van der Waals surface area contributed by atoms with E-state index in [1.807, 2.05) is 0 Å². The van der Waals surface area contributed by atoms with Crippen molar-refractivity contribution in [3.63, 3.8) is 0 Å². The van der Waals surface area contributed by atoms with Crippen molar-refractivity contribution in [1.82, 2.24) is 19.5 Å². The van der Waals surface area contributed by atoms with E-state index in [4.69, 9.17) is 34.9 Å². The Bertz CT molecular complexity index is 1220. The summed E-state index contributed by atoms with van der Waals surface area (Å²) in [5.74, 6) is -1.76. The molecule has 0 radical (unpaired) electrons. The molecule has 1 fully saturated rings. The molecule has 204 valence electrons. The van der Waals surface area contributed by atoms with Crippen molar-refractivity contribution in [3.8, 4) is 0 Å². The second-order valence-electron chi connectivity index (χ2n) is 8.90. The van der Waals surface area contributed by atoms with E-state index in [0.717, 1.165) is 6.92 Å². The van der Waals surface area contributed by atoms with Gasteiger partial charge in [0, 0.05) is 12.3 Å². The summed E-state index contributed by atoms with van der Waals surface area (Å²) in [6.07, 6.45) is -3.66. The van der Waals surface area contributed by atoms with Crippen LogP contribution in [0.15, 0.2) is 6.33 Å². The lowest BCUT2D eigenvalue weighted by Gasteiger charge is -2.21. The number of ketones is 1. The molecular weight excluding hydrogens is 533 g/mol. The number of imidazole rings is 1. The predicted octanol–water partition coefficient (Wildman–Crippen LogP) is 3.06. The largest absolute Gasteiger partial charge is 0.449 e. The average molecular weight is 562 g/mol. The zero-order valence-electron chi connectivity index (χ0n) is 21.2. The Labute approximate surface area is 217 Å². The standard InChI is InChI=1S/C21H29ClN5O9P/c1-7-33-37(31,34-8-2)10-32-18-14(35-11(3)28)13(29)17(36-18)27-9-23-12-15(24-19(30)21(4,5)6)25-20(22)26-16(12)27/h9,14,17-18H,7-8,10H2,1-6H3,(H,24,25,26,30)/t14?,17-,18+/m1/s1. The van der Waals surface area contributed by atoms with E-state index < -0.39 is 49.7 Å². The van der Waals surface area contributed by atoms with E-state index >= 15 is 0 Å². The van der Waals surface area contributed by atoms with Crippen molar-refractivity contribution >= 4 is 53.8 Å². The van der Waals surface area contributed by atoms with Crippen LogP contribution in [0.25, 0.3) is 11.2 Å². The number of hydrogen-bond donors (Lipinski definition) is 1. The van der Waals surface area contributed by atoms with Gasteiger partial charge < -0.3 is 28.6 Å². The summed E-state index contributed by atoms with van der Waals surface area (Å²) in [5, 5.41) is 2.44. The van der Waals surface area contributed by atoms with E-state index in [0.29, 0.717) is 0 Å². The fourth-order valence-electron chi connectivity index (χ4n) is 3.28. The highest BCUT2D eigenvalue weighted by Crippen LogP contribution is 2.48. The van der Waals surface area contributed by atoms with Gasteiger partial charge >= 0.3 is 13.6 Å². The van der Waals surface area contributed by atoms with Crippen LogP contribution in [0.2, 0.25) is 5.28 Å². The van der Waals surface area contributed by atoms with Crippen LogP contribution in [0, 0.1) is 5.41 Å². The Hall–Kier alpha value is -2.48. The molecule has 37 heavy (non-hydrogen) atoms. The maximum Gasteiger partial charge on any atom is 0.356 e. The third kappa shape index (κ3) is 6.70. The summed E-state index contributed by atoms with van der Waals surface area (Å²) in [5.41, 5.74) is -0.524. The van der Waals surface area contributed by atoms with E-state index in [9.17, 15) is 18.9 Å². The molecule has 3 rings (SSSR count). The van der Waals surface area contributed by atoms with Gasteiger partial charge in [-0.2, -0.15) is 9.97 Å². The highest BCUT2D eigenvalue weighted by molar-refractivity contribution is 7.53. The van der Waals surface area contributed by atoms with Crippen molar-refractivity contribution in [1.29, 1.82) is 0 Å². The lowest BCUT2D eigenvalue weighted by Crippen LogP contribution is -2.34. The Morgan fingerprint density at radius 2 is 1.86 bits per heavy atom. The zero-order chi connectivity index (χ0) is 27.5. The molecule has 3 atom stereocenters. The molecule has 0 saturated carbocycles. The van der Waals surface area contributed by atoms with Crippen molar-refractivity contribution < 1.29 is 42.2 Å². The van der Waals surface area contributed by atoms with Crippen molar-refractivity contribution in [2.24, 2.45) is 5.41 Å². The van der Waals surface area contributed by atoms with Gasteiger partial charge in [-0.1, -0.05) is 20.8 Å². The molecule has 0 aliphatic carbocycles. The van der Waals surface area contributed by atoms with Gasteiger partial charge in [-0.05, 0) is 25.4 Å². The highest BCUT2D eigenvalue weighted by atomic mass is 35.5. The normalized spacial score (nSPS) is 20.4. The number of Topliss-reactive ketones (excluding diaryl/α,β-unsaturated/α-hetero) is 1. The van der Waals surface area contributed by atoms with Crippen LogP contribution in [0.1, 0.15) is 47.8 Å². The number of carbonyl (C=O) groups is 3. The monoisotopic (exact) mass is 561 g/mol. The van der Waals surface area contributed by atoms with Crippen LogP contribution < -0.4 is 5.32 Å². The number of esters is 1. The first kappa shape index (κ1) is 29.1. The van der Waals surface area contributed by atoms with Crippen LogP contribution in [0.4, 0.5) is 5.82 Å². The molecule has 0 bridgehead atoms. The predicted molar refractivity (Wildman–Crippen MR) is 130 cm³/mol. The SMILES string of the molecule is CCOP(=O)(CO[C@H]1O[C@@H](n2cnc3c(NC(=O)C(C)(C)C)nc(Cl)nc32)C(=O)C1OC(C)=O)OCC. The average Bonchev–Trinajstić information content (AvgIpc) is 3.33. The quantitative estimate of drug-likeness (QED) is 0.256. The van der Waals surface area contributed by atoms with Gasteiger partial charge in [0.05, 0.1) is 19.5 Å². The van der Waals surface area contributed by atoms with Gasteiger partial charge in [-0.3, -0.25) is 23.5 Å². The molecule has 1 unspecified atom stereocenters. The Morgan fingerprint density at radius 1 is 1.22 bits per heavy atom. The van der Waals surface area contributed by atoms with Gasteiger partial charge in [0.15, 0.2) is 23.3 Å². The van der Waals surface area contributed by atoms with Gasteiger partial charge in [-0.15, -0.1) is 0 Å². The second kappa shape index (κ2) is 11.5. The molecule has 2 aromatic rings. The van der Waals surface area contributed by atoms with Crippen molar-refractivity contribution in [3.05, 3.63) is 11.6 Å². The van der Waals surface area contributed by atoms with Crippen LogP contribution in [-0.4, -0.2) is 69.1 Å². The Kier molecular flexibility index (Phi) is 9.04. The van der Waals surface area contributed by atoms with Gasteiger partial charge in [0.2, 0.25) is 35.6 Å². The van der Waals surface area contributed by atoms with Crippen LogP contribution in [0.3, 0.4) is 0 Å². The topological polar surface area (TPSA) is 170 Å². The molecule has 14 nitrogen and oxygen atoms in total. The molecule has 1 aliphatic rings. The van der Waals surface area contributed by atoms with Crippen molar-refractivity contribution in [2.45, 2.75) is 60.2 Å². The van der Waals surface area contributed by atoms with Crippen LogP contribution >= 0.6 is 19.2 Å². The lowest BCUT2D eigenvalue weighted by atomic mass is 9.96. The summed E-state index contributed by atoms with van der Waals surface area (Å²) < 4.78 is 40.9. The fourth-order valence-corrected chi connectivity index (χ4v) is 4.78. The minimum Gasteiger partial charge on any atom is -0.449 e. The maximum atomic E-state index is 13.2. The van der Waals surface area contributed by atoms with Crippen LogP contribution in [-0.2, 0) is 42.2 Å². The Morgan fingerprint density at radius 3 is 2.43 bits per heavy atom. The molecule has 1 aliphatic heterocycles. The summed E-state index contributed by atoms with van der Waals surface area (Å²) in [7, 11) is -3.66. The van der Waals surface area contributed by atoms with Gasteiger partial charge in [0.1, 0.15) is 0 Å². The third-order valence-electron chi connectivity index (χ3n) is 4.94. The minimum absolute atomic E-state index is 0.0397. The van der Waals surface area contributed by atoms with Crippen LogP contribution in [0.5, 0.6) is 0 Å². The number of ether oxygens (including phenoxy) is 3. The molecule has 2 aromatic heterocycles. The number of carbonyl (C=O) groups excluding carboxylic acids is 3. The number of fused-ring (bicyclic) bond motifs is 1. The minimum atomic E-state index is -3.66. The number of amides is 1. The first-order valence-electron chi connectivity index (χ1n) is 11.4. The number of aromatic nitrogens is 4. The molecule has 0 aromatic carbocycles. The molecular formula is C21H29ClN5O9P. The van der Waals surface area contributed by atoms with E-state index in [1.54, 1.807) is 34.6 Å². The summed E-state index contributed by atoms with van der Waals surface area (Å²) >= 11 is 6.09. The summed E-state index contributed by atoms with van der Waals surface area (Å²) in [6.45, 7) is 9.73. The van der Waals surface area contributed by atoms with E-state index in [-0.39, 0.29) is 41.4 Å². The Balaban J connectivity index is 1.93. The second-order valence-corrected chi connectivity index (χ2v) is 11.2. The highest BCUT2D eigenvalue weighted by Gasteiger charge is 2.49. The number of hydrogen-bond acceptors (Lipinski definition) is 12. The first-order valence-corrected chi connectivity index (χ1v) is 13.5. The zero-order valence-corrected chi connectivity index (χ0v) is 22.9. The summed E-state index contributed by atoms with van der Waals surface area (Å²) in [4.78, 5) is 49.8. The van der Waals surface area contributed by atoms with Gasteiger partial charge in [-0.25, -0.2) is 4.98 Å². The molecule has 0 spiro atoms. The van der Waals surface area contributed by atoms with E-state index in [2.05, 4.69) is 20.3 Å². The van der Waals surface area contributed by atoms with Gasteiger partial charge in [0.25, 0.3) is 0 Å². The fraction of sp³-hybridized carbons (Fsp3) is 0.619. The summed E-state index contributed by atoms with van der Waals surface area (Å²) in [6, 6.07) is 0. The number of nitrogens with zero attached hydrogens (tertiary/aromatic N) is 4. The first-order chi connectivity index (χ1) is 17.3. The molecule has 1 amide bonds. The lowest BCUT2D eigenvalue weighted by molar-refractivity contribution is -0.185.